The van der Waals surface area contributed by atoms with Crippen molar-refractivity contribution in [3.8, 4) is 5.75 Å². The van der Waals surface area contributed by atoms with Crippen LogP contribution in [-0.2, 0) is 7.05 Å². The summed E-state index contributed by atoms with van der Waals surface area (Å²) in [5.41, 5.74) is 2.11. The van der Waals surface area contributed by atoms with E-state index in [2.05, 4.69) is 17.3 Å². The number of unbranched alkanes of at least 4 members (excludes halogenated alkanes) is 3. The fourth-order valence-corrected chi connectivity index (χ4v) is 2.31. The Morgan fingerprint density at radius 2 is 1.95 bits per heavy atom. The molecule has 19 heavy (non-hydrogen) atoms. The van der Waals surface area contributed by atoms with Gasteiger partial charge in [-0.1, -0.05) is 12.8 Å². The summed E-state index contributed by atoms with van der Waals surface area (Å²) in [6.07, 6.45) is 7.76. The van der Waals surface area contributed by atoms with E-state index in [1.165, 1.54) is 38.6 Å². The zero-order valence-electron chi connectivity index (χ0n) is 12.5. The summed E-state index contributed by atoms with van der Waals surface area (Å²) in [7, 11) is 1.96. The van der Waals surface area contributed by atoms with Gasteiger partial charge in [-0.2, -0.15) is 5.10 Å². The lowest BCUT2D eigenvalue weighted by Gasteiger charge is -2.06. The van der Waals surface area contributed by atoms with Gasteiger partial charge in [0, 0.05) is 13.1 Å². The van der Waals surface area contributed by atoms with E-state index in [-0.39, 0.29) is 0 Å². The molecule has 2 rings (SSSR count). The number of aryl methyl sites for hydroxylation is 2. The number of rotatable bonds is 9. The SMILES string of the molecule is Cc1nn(C)c(C)c1OCCCCCCNC1CC1. The summed E-state index contributed by atoms with van der Waals surface area (Å²) in [5, 5.41) is 7.90. The van der Waals surface area contributed by atoms with Gasteiger partial charge in [-0.3, -0.25) is 4.68 Å². The molecule has 1 saturated carbocycles. The van der Waals surface area contributed by atoms with Crippen molar-refractivity contribution in [1.29, 1.82) is 0 Å². The first-order valence-corrected chi connectivity index (χ1v) is 7.55. The highest BCUT2D eigenvalue weighted by Gasteiger charge is 2.19. The van der Waals surface area contributed by atoms with Crippen LogP contribution in [0.25, 0.3) is 0 Å². The van der Waals surface area contributed by atoms with Crippen molar-refractivity contribution in [3.63, 3.8) is 0 Å². The molecule has 1 N–H and O–H groups in total. The third-order valence-electron chi connectivity index (χ3n) is 3.77. The monoisotopic (exact) mass is 265 g/mol. The number of ether oxygens (including phenoxy) is 1. The molecule has 108 valence electrons. The van der Waals surface area contributed by atoms with Crippen molar-refractivity contribution in [2.45, 2.75) is 58.4 Å². The van der Waals surface area contributed by atoms with E-state index in [0.717, 1.165) is 36.2 Å². The third kappa shape index (κ3) is 4.53. The molecule has 0 amide bonds. The summed E-state index contributed by atoms with van der Waals surface area (Å²) < 4.78 is 7.73. The van der Waals surface area contributed by atoms with Gasteiger partial charge in [-0.25, -0.2) is 0 Å². The topological polar surface area (TPSA) is 39.1 Å². The highest BCUT2D eigenvalue weighted by atomic mass is 16.5. The molecule has 1 aliphatic carbocycles. The molecule has 0 saturated heterocycles. The molecule has 0 unspecified atom stereocenters. The van der Waals surface area contributed by atoms with Gasteiger partial charge in [0.1, 0.15) is 5.69 Å². The van der Waals surface area contributed by atoms with Crippen LogP contribution in [0.15, 0.2) is 0 Å². The molecule has 1 aromatic heterocycles. The van der Waals surface area contributed by atoms with E-state index >= 15 is 0 Å². The van der Waals surface area contributed by atoms with Crippen LogP contribution in [0.4, 0.5) is 0 Å². The highest BCUT2D eigenvalue weighted by molar-refractivity contribution is 5.31. The highest BCUT2D eigenvalue weighted by Crippen LogP contribution is 2.21. The summed E-state index contributed by atoms with van der Waals surface area (Å²) in [4.78, 5) is 0. The summed E-state index contributed by atoms with van der Waals surface area (Å²) >= 11 is 0. The molecule has 1 aliphatic rings. The van der Waals surface area contributed by atoms with Crippen LogP contribution in [-0.4, -0.2) is 29.0 Å². The second-order valence-corrected chi connectivity index (χ2v) is 5.61. The predicted octanol–water partition coefficient (Wildman–Crippen LogP) is 2.73. The molecular formula is C15H27N3O. The number of hydrogen-bond donors (Lipinski definition) is 1. The lowest BCUT2D eigenvalue weighted by molar-refractivity contribution is 0.300. The van der Waals surface area contributed by atoms with Crippen molar-refractivity contribution in [2.75, 3.05) is 13.2 Å². The Kier molecular flexibility index (Phi) is 5.25. The molecule has 4 nitrogen and oxygen atoms in total. The van der Waals surface area contributed by atoms with Crippen LogP contribution in [0.5, 0.6) is 5.75 Å². The molecule has 0 aromatic carbocycles. The minimum Gasteiger partial charge on any atom is -0.490 e. The third-order valence-corrected chi connectivity index (χ3v) is 3.77. The Labute approximate surface area is 116 Å². The average molecular weight is 265 g/mol. The fourth-order valence-electron chi connectivity index (χ4n) is 2.31. The number of nitrogens with one attached hydrogen (secondary N) is 1. The van der Waals surface area contributed by atoms with Gasteiger partial charge in [0.15, 0.2) is 5.75 Å². The maximum Gasteiger partial charge on any atom is 0.162 e. The second kappa shape index (κ2) is 6.94. The maximum atomic E-state index is 5.84. The van der Waals surface area contributed by atoms with Crippen molar-refractivity contribution >= 4 is 0 Å². The molecule has 0 radical (unpaired) electrons. The molecule has 0 atom stereocenters. The van der Waals surface area contributed by atoms with Gasteiger partial charge < -0.3 is 10.1 Å². The van der Waals surface area contributed by atoms with E-state index in [1.54, 1.807) is 0 Å². The molecule has 4 heteroatoms. The average Bonchev–Trinajstić information content (AvgIpc) is 3.16. The molecule has 1 fully saturated rings. The molecule has 1 aromatic rings. The normalized spacial score (nSPS) is 14.9. The molecule has 0 aliphatic heterocycles. The second-order valence-electron chi connectivity index (χ2n) is 5.61. The van der Waals surface area contributed by atoms with Crippen molar-refractivity contribution in [2.24, 2.45) is 7.05 Å². The smallest absolute Gasteiger partial charge is 0.162 e. The van der Waals surface area contributed by atoms with Gasteiger partial charge in [0.2, 0.25) is 0 Å². The predicted molar refractivity (Wildman–Crippen MR) is 77.7 cm³/mol. The van der Waals surface area contributed by atoms with Gasteiger partial charge >= 0.3 is 0 Å². The number of aromatic nitrogens is 2. The van der Waals surface area contributed by atoms with Gasteiger partial charge in [-0.15, -0.1) is 0 Å². The van der Waals surface area contributed by atoms with Crippen LogP contribution in [0.1, 0.15) is 49.9 Å². The Hall–Kier alpha value is -1.03. The van der Waals surface area contributed by atoms with E-state index in [0.29, 0.717) is 0 Å². The first-order valence-electron chi connectivity index (χ1n) is 7.55. The van der Waals surface area contributed by atoms with Gasteiger partial charge in [0.25, 0.3) is 0 Å². The summed E-state index contributed by atoms with van der Waals surface area (Å²) in [5.74, 6) is 0.970. The maximum absolute atomic E-state index is 5.84. The summed E-state index contributed by atoms with van der Waals surface area (Å²) in [6, 6.07) is 0.847. The van der Waals surface area contributed by atoms with Crippen LogP contribution < -0.4 is 10.1 Å². The number of hydrogen-bond acceptors (Lipinski definition) is 3. The standard InChI is InChI=1S/C15H27N3O/c1-12-15(13(2)18(3)17-12)19-11-7-5-4-6-10-16-14-8-9-14/h14,16H,4-11H2,1-3H3. The van der Waals surface area contributed by atoms with Crippen molar-refractivity contribution in [1.82, 2.24) is 15.1 Å². The molecule has 1 heterocycles. The van der Waals surface area contributed by atoms with E-state index in [9.17, 15) is 0 Å². The Morgan fingerprint density at radius 1 is 1.21 bits per heavy atom. The Balaban J connectivity index is 1.51. The molecule has 0 bridgehead atoms. The Bertz CT molecular complexity index is 396. The quantitative estimate of drug-likeness (QED) is 0.698. The summed E-state index contributed by atoms with van der Waals surface area (Å²) in [6.45, 7) is 6.06. The minimum absolute atomic E-state index is 0.809. The zero-order valence-corrected chi connectivity index (χ0v) is 12.5. The van der Waals surface area contributed by atoms with Crippen LogP contribution >= 0.6 is 0 Å². The van der Waals surface area contributed by atoms with Gasteiger partial charge in [0.05, 0.1) is 12.3 Å². The van der Waals surface area contributed by atoms with Crippen molar-refractivity contribution < 1.29 is 4.74 Å². The van der Waals surface area contributed by atoms with Gasteiger partial charge in [-0.05, 0) is 46.1 Å². The van der Waals surface area contributed by atoms with E-state index in [4.69, 9.17) is 4.74 Å². The van der Waals surface area contributed by atoms with Crippen LogP contribution in [0.2, 0.25) is 0 Å². The van der Waals surface area contributed by atoms with E-state index in [1.807, 2.05) is 18.7 Å². The Morgan fingerprint density at radius 3 is 2.58 bits per heavy atom. The first kappa shape index (κ1) is 14.4. The lowest BCUT2D eigenvalue weighted by Crippen LogP contribution is -2.17. The van der Waals surface area contributed by atoms with Crippen molar-refractivity contribution in [3.05, 3.63) is 11.4 Å². The lowest BCUT2D eigenvalue weighted by atomic mass is 10.2. The van der Waals surface area contributed by atoms with E-state index < -0.39 is 0 Å². The first-order chi connectivity index (χ1) is 9.18. The molecule has 0 spiro atoms. The minimum atomic E-state index is 0.809. The van der Waals surface area contributed by atoms with Crippen LogP contribution in [0.3, 0.4) is 0 Å². The van der Waals surface area contributed by atoms with Crippen LogP contribution in [0, 0.1) is 13.8 Å². The largest absolute Gasteiger partial charge is 0.490 e. The molecular weight excluding hydrogens is 238 g/mol. The fraction of sp³-hybridized carbons (Fsp3) is 0.800. The number of nitrogens with zero attached hydrogens (tertiary/aromatic N) is 2. The zero-order chi connectivity index (χ0) is 13.7.